The van der Waals surface area contributed by atoms with Crippen molar-refractivity contribution in [2.24, 2.45) is 0 Å². The van der Waals surface area contributed by atoms with E-state index in [1.54, 1.807) is 0 Å². The lowest BCUT2D eigenvalue weighted by Gasteiger charge is -2.27. The van der Waals surface area contributed by atoms with Crippen molar-refractivity contribution in [2.45, 2.75) is 0 Å². The third-order valence-electron chi connectivity index (χ3n) is 10.8. The number of hydrogen-bond donors (Lipinski definition) is 0. The molecule has 0 N–H and O–H groups in total. The first-order valence-electron chi connectivity index (χ1n) is 17.8. The molecule has 0 radical (unpaired) electrons. The molecular formula is C48H28N2OS2. The quantitative estimate of drug-likeness (QED) is 0.181. The number of thiophene rings is 2. The lowest BCUT2D eigenvalue weighted by Crippen LogP contribution is -2.10. The van der Waals surface area contributed by atoms with Crippen molar-refractivity contribution in [3.8, 4) is 28.3 Å². The van der Waals surface area contributed by atoms with Crippen LogP contribution in [-0.2, 0) is 0 Å². The van der Waals surface area contributed by atoms with E-state index in [0.717, 1.165) is 39.5 Å². The van der Waals surface area contributed by atoms with Gasteiger partial charge in [-0.15, -0.1) is 22.7 Å². The van der Waals surface area contributed by atoms with Crippen LogP contribution in [0.2, 0.25) is 0 Å². The largest absolute Gasteiger partial charge is 0.452 e. The van der Waals surface area contributed by atoms with Crippen molar-refractivity contribution in [1.29, 1.82) is 0 Å². The predicted molar refractivity (Wildman–Crippen MR) is 227 cm³/mol. The zero-order valence-corrected chi connectivity index (χ0v) is 29.9. The summed E-state index contributed by atoms with van der Waals surface area (Å²) in [4.78, 5) is 2.47. The molecule has 3 nitrogen and oxygen atoms in total. The molecule has 0 fully saturated rings. The van der Waals surface area contributed by atoms with E-state index < -0.39 is 0 Å². The molecule has 0 unspecified atom stereocenters. The van der Waals surface area contributed by atoms with Gasteiger partial charge in [-0.05, 0) is 66.2 Å². The van der Waals surface area contributed by atoms with Gasteiger partial charge in [0.1, 0.15) is 0 Å². The molecule has 5 heteroatoms. The Bertz CT molecular complexity index is 3160. The Balaban J connectivity index is 1.08. The molecule has 0 atom stereocenters. The smallest absolute Gasteiger partial charge is 0.160 e. The molecule has 3 aromatic heterocycles. The molecular weight excluding hydrogens is 685 g/mol. The fraction of sp³-hybridized carbons (Fsp3) is 0. The first-order chi connectivity index (χ1) is 26.3. The van der Waals surface area contributed by atoms with Crippen LogP contribution in [0.15, 0.2) is 170 Å². The van der Waals surface area contributed by atoms with Crippen LogP contribution in [0.3, 0.4) is 0 Å². The van der Waals surface area contributed by atoms with E-state index in [1.807, 2.05) is 28.7 Å². The van der Waals surface area contributed by atoms with Gasteiger partial charge in [0.05, 0.1) is 37.5 Å². The number of anilines is 3. The van der Waals surface area contributed by atoms with E-state index in [0.29, 0.717) is 0 Å². The van der Waals surface area contributed by atoms with E-state index in [1.165, 1.54) is 68.0 Å². The van der Waals surface area contributed by atoms with E-state index in [4.69, 9.17) is 4.74 Å². The minimum absolute atomic E-state index is 0.866. The molecule has 1 aliphatic heterocycles. The van der Waals surface area contributed by atoms with Gasteiger partial charge >= 0.3 is 0 Å². The number of rotatable bonds is 4. The van der Waals surface area contributed by atoms with Crippen molar-refractivity contribution in [2.75, 3.05) is 4.90 Å². The highest BCUT2D eigenvalue weighted by molar-refractivity contribution is 7.27. The highest BCUT2D eigenvalue weighted by atomic mass is 32.1. The highest BCUT2D eigenvalue weighted by Gasteiger charge is 2.27. The lowest BCUT2D eigenvalue weighted by atomic mass is 10.0. The molecule has 8 aromatic carbocycles. The third kappa shape index (κ3) is 4.15. The fourth-order valence-electron chi connectivity index (χ4n) is 8.46. The number of aromatic nitrogens is 1. The maximum Gasteiger partial charge on any atom is 0.160 e. The summed E-state index contributed by atoms with van der Waals surface area (Å²) in [6, 6.07) is 61.6. The Kier molecular flexibility index (Phi) is 6.09. The Morgan fingerprint density at radius 3 is 1.74 bits per heavy atom. The monoisotopic (exact) mass is 712 g/mol. The third-order valence-corrected chi connectivity index (χ3v) is 13.2. The first kappa shape index (κ1) is 29.2. The summed E-state index contributed by atoms with van der Waals surface area (Å²) in [7, 11) is 0. The number of fused-ring (bicyclic) bond motifs is 11. The van der Waals surface area contributed by atoms with Gasteiger partial charge in [0.25, 0.3) is 0 Å². The minimum Gasteiger partial charge on any atom is -0.452 e. The number of benzene rings is 8. The number of ether oxygens (including phenoxy) is 1. The zero-order chi connectivity index (χ0) is 34.6. The second-order valence-electron chi connectivity index (χ2n) is 13.6. The van der Waals surface area contributed by atoms with Crippen LogP contribution in [0.25, 0.3) is 79.0 Å². The van der Waals surface area contributed by atoms with Gasteiger partial charge in [-0.2, -0.15) is 0 Å². The summed E-state index contributed by atoms with van der Waals surface area (Å²) in [5.41, 5.74) is 9.03. The topological polar surface area (TPSA) is 17.4 Å². The summed E-state index contributed by atoms with van der Waals surface area (Å²) in [6.45, 7) is 0. The van der Waals surface area contributed by atoms with Crippen LogP contribution >= 0.6 is 22.7 Å². The average Bonchev–Trinajstić information content (AvgIpc) is 3.90. The van der Waals surface area contributed by atoms with Crippen LogP contribution in [0.5, 0.6) is 11.5 Å². The first-order valence-corrected chi connectivity index (χ1v) is 19.5. The minimum atomic E-state index is 0.866. The number of para-hydroxylation sites is 3. The predicted octanol–water partition coefficient (Wildman–Crippen LogP) is 14.8. The van der Waals surface area contributed by atoms with E-state index in [9.17, 15) is 0 Å². The molecule has 0 aliphatic carbocycles. The summed E-state index contributed by atoms with van der Waals surface area (Å²) >= 11 is 3.74. The van der Waals surface area contributed by atoms with Gasteiger partial charge < -0.3 is 14.2 Å². The summed E-state index contributed by atoms with van der Waals surface area (Å²) in [5, 5.41) is 7.60. The molecule has 4 heterocycles. The van der Waals surface area contributed by atoms with Crippen LogP contribution in [0.1, 0.15) is 0 Å². The molecule has 0 saturated heterocycles. The van der Waals surface area contributed by atoms with Crippen molar-refractivity contribution < 1.29 is 4.74 Å². The molecule has 0 saturated carbocycles. The zero-order valence-electron chi connectivity index (χ0n) is 28.3. The van der Waals surface area contributed by atoms with Gasteiger partial charge in [-0.25, -0.2) is 0 Å². The molecule has 11 aromatic rings. The van der Waals surface area contributed by atoms with Crippen molar-refractivity contribution in [3.05, 3.63) is 170 Å². The maximum atomic E-state index is 6.81. The van der Waals surface area contributed by atoms with Gasteiger partial charge in [0.2, 0.25) is 0 Å². The second-order valence-corrected chi connectivity index (χ2v) is 15.8. The Labute approximate surface area is 312 Å². The van der Waals surface area contributed by atoms with E-state index in [-0.39, 0.29) is 0 Å². The van der Waals surface area contributed by atoms with Gasteiger partial charge in [0, 0.05) is 53.0 Å². The standard InChI is InChI=1S/C48H28N2OS2/c1-4-16-38-32(11-1)35-28-27-31(46-45(35)50(38)39-17-5-6-20-42(39)51-46)29-23-25-30(26-24-29)49(40-18-9-14-36-33-12-2-7-21-43(33)52-47(36)40)41-19-10-15-37-34-13-3-8-22-44(34)53-48(37)41/h1-28H. The van der Waals surface area contributed by atoms with Crippen LogP contribution in [-0.4, -0.2) is 4.57 Å². The lowest BCUT2D eigenvalue weighted by molar-refractivity contribution is 0.478. The SMILES string of the molecule is c1ccc2c(c1)Oc1c(-c3ccc(N(c4cccc5c4sc4ccccc45)c4cccc5c4sc4ccccc45)cc3)ccc3c4ccccc4n-2c13. The van der Waals surface area contributed by atoms with Gasteiger partial charge in [0.15, 0.2) is 11.5 Å². The van der Waals surface area contributed by atoms with Crippen molar-refractivity contribution in [3.63, 3.8) is 0 Å². The summed E-state index contributed by atoms with van der Waals surface area (Å²) < 4.78 is 14.3. The second kappa shape index (κ2) is 11.1. The number of nitrogens with zero attached hydrogens (tertiary/aromatic N) is 2. The van der Waals surface area contributed by atoms with E-state index in [2.05, 4.69) is 173 Å². The molecule has 53 heavy (non-hydrogen) atoms. The van der Waals surface area contributed by atoms with Crippen molar-refractivity contribution >= 4 is 102 Å². The molecule has 12 rings (SSSR count). The Morgan fingerprint density at radius 2 is 1.04 bits per heavy atom. The van der Waals surface area contributed by atoms with Gasteiger partial charge in [-0.3, -0.25) is 0 Å². The molecule has 0 bridgehead atoms. The normalized spacial score (nSPS) is 12.3. The Hall–Kier alpha value is -6.40. The van der Waals surface area contributed by atoms with Crippen LogP contribution in [0, 0.1) is 0 Å². The summed E-state index contributed by atoms with van der Waals surface area (Å²) in [6.07, 6.45) is 0. The van der Waals surface area contributed by atoms with Crippen LogP contribution < -0.4 is 9.64 Å². The van der Waals surface area contributed by atoms with E-state index >= 15 is 0 Å². The number of hydrogen-bond acceptors (Lipinski definition) is 4. The Morgan fingerprint density at radius 1 is 0.453 bits per heavy atom. The molecule has 0 spiro atoms. The molecule has 1 aliphatic rings. The van der Waals surface area contributed by atoms with Crippen LogP contribution in [0.4, 0.5) is 17.1 Å². The summed E-state index contributed by atoms with van der Waals surface area (Å²) in [5.74, 6) is 1.76. The van der Waals surface area contributed by atoms with Crippen molar-refractivity contribution in [1.82, 2.24) is 4.57 Å². The highest BCUT2D eigenvalue weighted by Crippen LogP contribution is 2.51. The average molecular weight is 713 g/mol. The fourth-order valence-corrected chi connectivity index (χ4v) is 10.9. The van der Waals surface area contributed by atoms with Gasteiger partial charge in [-0.1, -0.05) is 109 Å². The maximum absolute atomic E-state index is 6.81. The molecule has 248 valence electrons. The molecule has 0 amide bonds.